The van der Waals surface area contributed by atoms with Gasteiger partial charge in [-0.05, 0) is 23.9 Å². The van der Waals surface area contributed by atoms with Crippen molar-refractivity contribution in [1.29, 1.82) is 0 Å². The first-order chi connectivity index (χ1) is 6.68. The quantitative estimate of drug-likeness (QED) is 0.710. The van der Waals surface area contributed by atoms with Gasteiger partial charge in [-0.2, -0.15) is 4.98 Å². The number of aryl methyl sites for hydroxylation is 1. The molecule has 0 aliphatic carbocycles. The van der Waals surface area contributed by atoms with Crippen molar-refractivity contribution in [1.82, 2.24) is 10.1 Å². The van der Waals surface area contributed by atoms with E-state index in [1.165, 1.54) is 18.3 Å². The number of nitrogens with zero attached hydrogens (tertiary/aromatic N) is 2. The lowest BCUT2D eigenvalue weighted by atomic mass is 10.3. The van der Waals surface area contributed by atoms with E-state index in [-0.39, 0.29) is 11.7 Å². The Morgan fingerprint density at radius 2 is 2.36 bits per heavy atom. The second-order valence-electron chi connectivity index (χ2n) is 2.91. The van der Waals surface area contributed by atoms with Crippen LogP contribution in [0, 0.1) is 6.92 Å². The smallest absolute Gasteiger partial charge is 0.294 e. The van der Waals surface area contributed by atoms with E-state index in [2.05, 4.69) is 10.1 Å². The number of hydrogen-bond donors (Lipinski definition) is 0. The summed E-state index contributed by atoms with van der Waals surface area (Å²) >= 11 is 1.53. The van der Waals surface area contributed by atoms with Crippen molar-refractivity contribution in [3.8, 4) is 10.7 Å². The minimum Gasteiger partial charge on any atom is -0.330 e. The number of thiophene rings is 1. The van der Waals surface area contributed by atoms with Gasteiger partial charge in [0, 0.05) is 6.92 Å². The lowest BCUT2D eigenvalue weighted by molar-refractivity contribution is 0.0972. The third-order valence-electron chi connectivity index (χ3n) is 1.79. The van der Waals surface area contributed by atoms with Gasteiger partial charge >= 0.3 is 0 Å². The first-order valence-electron chi connectivity index (χ1n) is 4.07. The predicted molar refractivity (Wildman–Crippen MR) is 52.4 cm³/mol. The summed E-state index contributed by atoms with van der Waals surface area (Å²) in [6.45, 7) is 3.37. The summed E-state index contributed by atoms with van der Waals surface area (Å²) in [5.74, 6) is 0.341. The van der Waals surface area contributed by atoms with Crippen molar-refractivity contribution in [2.75, 3.05) is 0 Å². The molecule has 0 spiro atoms. The van der Waals surface area contributed by atoms with E-state index < -0.39 is 0 Å². The highest BCUT2D eigenvalue weighted by Gasteiger charge is 2.14. The molecule has 2 aromatic heterocycles. The van der Waals surface area contributed by atoms with E-state index in [1.54, 1.807) is 0 Å². The summed E-state index contributed by atoms with van der Waals surface area (Å²) in [5.41, 5.74) is 1.09. The number of carbonyl (C=O) groups excluding carboxylic acids is 1. The highest BCUT2D eigenvalue weighted by molar-refractivity contribution is 7.13. The molecular formula is C9H8N2O2S. The Morgan fingerprint density at radius 1 is 1.57 bits per heavy atom. The van der Waals surface area contributed by atoms with Crippen LogP contribution in [0.15, 0.2) is 16.0 Å². The molecule has 0 fully saturated rings. The molecule has 14 heavy (non-hydrogen) atoms. The van der Waals surface area contributed by atoms with Gasteiger partial charge in [-0.25, -0.2) is 0 Å². The summed E-state index contributed by atoms with van der Waals surface area (Å²) < 4.78 is 4.80. The third-order valence-corrected chi connectivity index (χ3v) is 2.80. The van der Waals surface area contributed by atoms with Gasteiger partial charge in [0.15, 0.2) is 0 Å². The molecule has 0 bridgehead atoms. The summed E-state index contributed by atoms with van der Waals surface area (Å²) in [7, 11) is 0. The van der Waals surface area contributed by atoms with Crippen LogP contribution in [0.1, 0.15) is 23.2 Å². The highest BCUT2D eigenvalue weighted by Crippen LogP contribution is 2.26. The summed E-state index contributed by atoms with van der Waals surface area (Å²) in [6, 6.07) is 1.98. The zero-order chi connectivity index (χ0) is 10.1. The second-order valence-corrected chi connectivity index (χ2v) is 3.83. The van der Waals surface area contributed by atoms with Gasteiger partial charge in [-0.15, -0.1) is 11.3 Å². The maximum absolute atomic E-state index is 10.9. The van der Waals surface area contributed by atoms with Crippen molar-refractivity contribution >= 4 is 17.1 Å². The topological polar surface area (TPSA) is 56.0 Å². The fourth-order valence-electron chi connectivity index (χ4n) is 1.06. The van der Waals surface area contributed by atoms with Gasteiger partial charge in [0.1, 0.15) is 0 Å². The lowest BCUT2D eigenvalue weighted by Crippen LogP contribution is -1.90. The Morgan fingerprint density at radius 3 is 2.86 bits per heavy atom. The van der Waals surface area contributed by atoms with Crippen LogP contribution in [0.5, 0.6) is 0 Å². The molecule has 2 aromatic rings. The fourth-order valence-corrected chi connectivity index (χ4v) is 1.91. The Balaban J connectivity index is 2.43. The Labute approximate surface area is 84.6 Å². The molecule has 0 radical (unpaired) electrons. The number of ketones is 1. The van der Waals surface area contributed by atoms with Crippen molar-refractivity contribution in [2.45, 2.75) is 13.8 Å². The standard InChI is InChI=1S/C9H8N2O2S/c1-5-3-4-14-7(5)8-10-9(6(2)12)13-11-8/h3-4H,1-2H3. The van der Waals surface area contributed by atoms with Gasteiger partial charge in [0.05, 0.1) is 4.88 Å². The van der Waals surface area contributed by atoms with E-state index in [0.717, 1.165) is 10.4 Å². The van der Waals surface area contributed by atoms with Gasteiger partial charge in [0.25, 0.3) is 5.89 Å². The molecule has 0 saturated carbocycles. The largest absolute Gasteiger partial charge is 0.330 e. The molecule has 0 unspecified atom stereocenters. The van der Waals surface area contributed by atoms with Crippen LogP contribution < -0.4 is 0 Å². The molecule has 0 saturated heterocycles. The molecule has 0 aliphatic rings. The van der Waals surface area contributed by atoms with Crippen LogP contribution in [-0.2, 0) is 0 Å². The molecule has 2 heterocycles. The van der Waals surface area contributed by atoms with Crippen LogP contribution >= 0.6 is 11.3 Å². The van der Waals surface area contributed by atoms with Crippen LogP contribution in [0.3, 0.4) is 0 Å². The van der Waals surface area contributed by atoms with Crippen molar-refractivity contribution in [2.24, 2.45) is 0 Å². The monoisotopic (exact) mass is 208 g/mol. The minimum atomic E-state index is -0.210. The number of rotatable bonds is 2. The zero-order valence-corrected chi connectivity index (χ0v) is 8.59. The summed E-state index contributed by atoms with van der Waals surface area (Å²) in [4.78, 5) is 15.9. The minimum absolute atomic E-state index is 0.0628. The Hall–Kier alpha value is -1.49. The number of aromatic nitrogens is 2. The van der Waals surface area contributed by atoms with Gasteiger partial charge < -0.3 is 4.52 Å². The zero-order valence-electron chi connectivity index (χ0n) is 7.77. The third kappa shape index (κ3) is 1.46. The molecule has 0 aliphatic heterocycles. The summed E-state index contributed by atoms with van der Waals surface area (Å²) in [5, 5.41) is 5.70. The summed E-state index contributed by atoms with van der Waals surface area (Å²) in [6.07, 6.45) is 0. The average molecular weight is 208 g/mol. The Bertz CT molecular complexity index is 473. The van der Waals surface area contributed by atoms with Crippen LogP contribution in [-0.4, -0.2) is 15.9 Å². The molecule has 0 atom stereocenters. The highest BCUT2D eigenvalue weighted by atomic mass is 32.1. The Kier molecular flexibility index (Phi) is 2.17. The van der Waals surface area contributed by atoms with Crippen LogP contribution in [0.25, 0.3) is 10.7 Å². The second kappa shape index (κ2) is 3.34. The maximum Gasteiger partial charge on any atom is 0.294 e. The van der Waals surface area contributed by atoms with Crippen LogP contribution in [0.2, 0.25) is 0 Å². The van der Waals surface area contributed by atoms with Gasteiger partial charge in [0.2, 0.25) is 11.6 Å². The lowest BCUT2D eigenvalue weighted by Gasteiger charge is -1.88. The molecule has 2 rings (SSSR count). The molecule has 4 nitrogen and oxygen atoms in total. The maximum atomic E-state index is 10.9. The normalized spacial score (nSPS) is 10.4. The average Bonchev–Trinajstić information content (AvgIpc) is 2.71. The van der Waals surface area contributed by atoms with E-state index in [1.807, 2.05) is 18.4 Å². The fraction of sp³-hybridized carbons (Fsp3) is 0.222. The molecule has 0 amide bonds. The molecular weight excluding hydrogens is 200 g/mol. The first kappa shape index (κ1) is 9.08. The van der Waals surface area contributed by atoms with Crippen molar-refractivity contribution in [3.05, 3.63) is 22.9 Å². The first-order valence-corrected chi connectivity index (χ1v) is 4.95. The van der Waals surface area contributed by atoms with Gasteiger partial charge in [-0.3, -0.25) is 4.79 Å². The predicted octanol–water partition coefficient (Wildman–Crippen LogP) is 2.31. The van der Waals surface area contributed by atoms with Crippen LogP contribution in [0.4, 0.5) is 0 Å². The number of hydrogen-bond acceptors (Lipinski definition) is 5. The van der Waals surface area contributed by atoms with E-state index >= 15 is 0 Å². The molecule has 72 valence electrons. The SMILES string of the molecule is CC(=O)c1nc(-c2sccc2C)no1. The molecule has 0 N–H and O–H groups in total. The van der Waals surface area contributed by atoms with Crippen molar-refractivity contribution < 1.29 is 9.32 Å². The number of carbonyl (C=O) groups is 1. The van der Waals surface area contributed by atoms with Crippen molar-refractivity contribution in [3.63, 3.8) is 0 Å². The molecule has 5 heteroatoms. The number of Topliss-reactive ketones (excluding diaryl/α,β-unsaturated/α-hetero) is 1. The van der Waals surface area contributed by atoms with E-state index in [0.29, 0.717) is 5.82 Å². The van der Waals surface area contributed by atoms with E-state index in [9.17, 15) is 4.79 Å². The van der Waals surface area contributed by atoms with E-state index in [4.69, 9.17) is 4.52 Å². The molecule has 0 aromatic carbocycles. The van der Waals surface area contributed by atoms with Gasteiger partial charge in [-0.1, -0.05) is 5.16 Å².